The van der Waals surface area contributed by atoms with Crippen LogP contribution in [0.2, 0.25) is 0 Å². The maximum atomic E-state index is 13.0. The Labute approximate surface area is 142 Å². The molecule has 3 aromatic rings. The van der Waals surface area contributed by atoms with Crippen LogP contribution in [0.25, 0.3) is 4.96 Å². The van der Waals surface area contributed by atoms with Gasteiger partial charge in [-0.05, 0) is 17.7 Å². The summed E-state index contributed by atoms with van der Waals surface area (Å²) in [5.41, 5.74) is 1.66. The number of amides is 1. The van der Waals surface area contributed by atoms with Gasteiger partial charge < -0.3 is 9.64 Å². The van der Waals surface area contributed by atoms with Crippen molar-refractivity contribution >= 4 is 22.2 Å². The van der Waals surface area contributed by atoms with Crippen LogP contribution in [-0.2, 0) is 16.0 Å². The van der Waals surface area contributed by atoms with E-state index in [2.05, 4.69) is 4.98 Å². The first-order chi connectivity index (χ1) is 11.7. The van der Waals surface area contributed by atoms with Crippen LogP contribution in [0.15, 0.2) is 42.0 Å². The van der Waals surface area contributed by atoms with Gasteiger partial charge in [0.25, 0.3) is 0 Å². The minimum atomic E-state index is -0.276. The molecule has 1 aromatic carbocycles. The molecule has 1 unspecified atom stereocenters. The molecule has 24 heavy (non-hydrogen) atoms. The van der Waals surface area contributed by atoms with Gasteiger partial charge in [-0.3, -0.25) is 9.20 Å². The number of ether oxygens (including phenoxy) is 1. The first kappa shape index (κ1) is 15.3. The Kier molecular flexibility index (Phi) is 4.03. The van der Waals surface area contributed by atoms with Gasteiger partial charge in [0.1, 0.15) is 11.9 Å². The molecule has 0 aliphatic carbocycles. The Morgan fingerprint density at radius 1 is 1.38 bits per heavy atom. The number of nitrogens with zero attached hydrogens (tertiary/aromatic N) is 3. The van der Waals surface area contributed by atoms with E-state index >= 15 is 0 Å². The van der Waals surface area contributed by atoms with Gasteiger partial charge in [0, 0.05) is 24.3 Å². The zero-order chi connectivity index (χ0) is 16.5. The van der Waals surface area contributed by atoms with Crippen molar-refractivity contribution in [2.24, 2.45) is 0 Å². The number of imidazole rings is 1. The number of fused-ring (bicyclic) bond motifs is 1. The van der Waals surface area contributed by atoms with E-state index in [1.54, 1.807) is 28.4 Å². The molecule has 124 valence electrons. The highest BCUT2D eigenvalue weighted by molar-refractivity contribution is 7.15. The minimum absolute atomic E-state index is 0.0381. The maximum absolute atomic E-state index is 13.0. The number of aromatic nitrogens is 2. The highest BCUT2D eigenvalue weighted by atomic mass is 32.1. The molecule has 0 N–H and O–H groups in total. The summed E-state index contributed by atoms with van der Waals surface area (Å²) in [4.78, 5) is 19.7. The molecule has 7 heteroatoms. The van der Waals surface area contributed by atoms with Crippen molar-refractivity contribution in [3.63, 3.8) is 0 Å². The summed E-state index contributed by atoms with van der Waals surface area (Å²) in [6.07, 6.45) is 3.89. The van der Waals surface area contributed by atoms with Crippen LogP contribution in [0.4, 0.5) is 4.39 Å². The van der Waals surface area contributed by atoms with Crippen molar-refractivity contribution in [3.05, 3.63) is 59.1 Å². The molecule has 0 spiro atoms. The number of rotatable bonds is 3. The second-order valence-corrected chi connectivity index (χ2v) is 6.63. The van der Waals surface area contributed by atoms with E-state index in [9.17, 15) is 9.18 Å². The summed E-state index contributed by atoms with van der Waals surface area (Å²) in [6.45, 7) is 1.53. The summed E-state index contributed by atoms with van der Waals surface area (Å²) in [5, 5.41) is 1.96. The first-order valence-electron chi connectivity index (χ1n) is 7.75. The monoisotopic (exact) mass is 345 g/mol. The third-order valence-corrected chi connectivity index (χ3v) is 4.91. The first-order valence-corrected chi connectivity index (χ1v) is 8.63. The third kappa shape index (κ3) is 3.05. The molecular weight excluding hydrogens is 329 g/mol. The standard InChI is InChI=1S/C17H16FN3O2S/c18-13-3-1-12(2-4-13)15-11-20(5-7-23-15)16(22)9-14-10-21-6-8-24-17(21)19-14/h1-4,6,8,10,15H,5,7,9,11H2. The molecule has 2 aromatic heterocycles. The average Bonchev–Trinajstić information content (AvgIpc) is 3.17. The van der Waals surface area contributed by atoms with Crippen LogP contribution >= 0.6 is 11.3 Å². The fraction of sp³-hybridized carbons (Fsp3) is 0.294. The summed E-state index contributed by atoms with van der Waals surface area (Å²) < 4.78 is 20.7. The molecule has 1 fully saturated rings. The third-order valence-electron chi connectivity index (χ3n) is 4.14. The summed E-state index contributed by atoms with van der Waals surface area (Å²) >= 11 is 1.55. The molecular formula is C17H16FN3O2S. The number of carbonyl (C=O) groups excluding carboxylic acids is 1. The molecule has 0 bridgehead atoms. The average molecular weight is 345 g/mol. The minimum Gasteiger partial charge on any atom is -0.370 e. The molecule has 4 rings (SSSR count). The number of thiazole rings is 1. The van der Waals surface area contributed by atoms with Gasteiger partial charge in [0.05, 0.1) is 25.3 Å². The van der Waals surface area contributed by atoms with E-state index in [1.165, 1.54) is 12.1 Å². The van der Waals surface area contributed by atoms with E-state index in [0.29, 0.717) is 19.7 Å². The molecule has 5 nitrogen and oxygen atoms in total. The second-order valence-electron chi connectivity index (χ2n) is 5.75. The Bertz CT molecular complexity index is 830. The summed E-state index contributed by atoms with van der Waals surface area (Å²) in [5.74, 6) is -0.238. The van der Waals surface area contributed by atoms with Gasteiger partial charge in [0.15, 0.2) is 4.96 Å². The fourth-order valence-corrected chi connectivity index (χ4v) is 3.60. The largest absolute Gasteiger partial charge is 0.370 e. The smallest absolute Gasteiger partial charge is 0.228 e. The maximum Gasteiger partial charge on any atom is 0.228 e. The molecule has 0 saturated carbocycles. The Morgan fingerprint density at radius 2 is 2.21 bits per heavy atom. The zero-order valence-electron chi connectivity index (χ0n) is 12.9. The van der Waals surface area contributed by atoms with Crippen molar-refractivity contribution in [2.45, 2.75) is 12.5 Å². The molecule has 1 aliphatic heterocycles. The highest BCUT2D eigenvalue weighted by Crippen LogP contribution is 2.23. The van der Waals surface area contributed by atoms with Gasteiger partial charge in [-0.2, -0.15) is 0 Å². The predicted molar refractivity (Wildman–Crippen MR) is 88.4 cm³/mol. The zero-order valence-corrected chi connectivity index (χ0v) is 13.7. The van der Waals surface area contributed by atoms with Crippen LogP contribution in [0.1, 0.15) is 17.4 Å². The molecule has 1 saturated heterocycles. The number of carbonyl (C=O) groups is 1. The quantitative estimate of drug-likeness (QED) is 0.733. The van der Waals surface area contributed by atoms with Crippen molar-refractivity contribution in [1.82, 2.24) is 14.3 Å². The van der Waals surface area contributed by atoms with E-state index in [0.717, 1.165) is 16.2 Å². The molecule has 3 heterocycles. The Hall–Kier alpha value is -2.25. The summed E-state index contributed by atoms with van der Waals surface area (Å²) in [7, 11) is 0. The van der Waals surface area contributed by atoms with Gasteiger partial charge >= 0.3 is 0 Å². The normalized spacial score (nSPS) is 18.2. The second kappa shape index (κ2) is 6.33. The molecule has 0 radical (unpaired) electrons. The number of morpholine rings is 1. The van der Waals surface area contributed by atoms with E-state index in [1.807, 2.05) is 22.2 Å². The molecule has 1 atom stereocenters. The van der Waals surface area contributed by atoms with Crippen LogP contribution in [0, 0.1) is 5.82 Å². The van der Waals surface area contributed by atoms with Gasteiger partial charge in [0.2, 0.25) is 5.91 Å². The Balaban J connectivity index is 1.44. The molecule has 1 amide bonds. The highest BCUT2D eigenvalue weighted by Gasteiger charge is 2.26. The number of halogens is 1. The van der Waals surface area contributed by atoms with Crippen molar-refractivity contribution in [3.8, 4) is 0 Å². The van der Waals surface area contributed by atoms with Crippen molar-refractivity contribution in [1.29, 1.82) is 0 Å². The van der Waals surface area contributed by atoms with Crippen LogP contribution in [0.3, 0.4) is 0 Å². The topological polar surface area (TPSA) is 46.8 Å². The number of benzene rings is 1. The predicted octanol–water partition coefficient (Wildman–Crippen LogP) is 2.68. The summed E-state index contributed by atoms with van der Waals surface area (Å²) in [6, 6.07) is 6.24. The molecule has 1 aliphatic rings. The van der Waals surface area contributed by atoms with Gasteiger partial charge in [-0.25, -0.2) is 9.37 Å². The lowest BCUT2D eigenvalue weighted by molar-refractivity contribution is -0.138. The van der Waals surface area contributed by atoms with Crippen molar-refractivity contribution < 1.29 is 13.9 Å². The van der Waals surface area contributed by atoms with Crippen LogP contribution in [-0.4, -0.2) is 39.9 Å². The lowest BCUT2D eigenvalue weighted by Crippen LogP contribution is -2.43. The van der Waals surface area contributed by atoms with Crippen LogP contribution < -0.4 is 0 Å². The number of hydrogen-bond donors (Lipinski definition) is 0. The van der Waals surface area contributed by atoms with Crippen LogP contribution in [0.5, 0.6) is 0 Å². The lowest BCUT2D eigenvalue weighted by Gasteiger charge is -2.33. The Morgan fingerprint density at radius 3 is 3.00 bits per heavy atom. The SMILES string of the molecule is O=C(Cc1cn2ccsc2n1)N1CCOC(c2ccc(F)cc2)C1. The number of hydrogen-bond acceptors (Lipinski definition) is 4. The van der Waals surface area contributed by atoms with E-state index in [-0.39, 0.29) is 24.2 Å². The lowest BCUT2D eigenvalue weighted by atomic mass is 10.1. The van der Waals surface area contributed by atoms with E-state index < -0.39 is 0 Å². The van der Waals surface area contributed by atoms with E-state index in [4.69, 9.17) is 4.74 Å². The fourth-order valence-electron chi connectivity index (χ4n) is 2.88. The van der Waals surface area contributed by atoms with Gasteiger partial charge in [-0.15, -0.1) is 11.3 Å². The van der Waals surface area contributed by atoms with Gasteiger partial charge in [-0.1, -0.05) is 12.1 Å². The van der Waals surface area contributed by atoms with Crippen molar-refractivity contribution in [2.75, 3.05) is 19.7 Å².